The number of nitrogens with zero attached hydrogens (tertiary/aromatic N) is 2. The third kappa shape index (κ3) is 3.55. The van der Waals surface area contributed by atoms with Gasteiger partial charge in [0, 0.05) is 16.2 Å². The summed E-state index contributed by atoms with van der Waals surface area (Å²) in [6.07, 6.45) is 4.06. The van der Waals surface area contributed by atoms with E-state index >= 15 is 0 Å². The van der Waals surface area contributed by atoms with Gasteiger partial charge in [-0.25, -0.2) is 4.79 Å². The molecular formula is C16H18BrN3O3. The Morgan fingerprint density at radius 3 is 2.48 bits per heavy atom. The highest BCUT2D eigenvalue weighted by atomic mass is 79.9. The predicted octanol–water partition coefficient (Wildman–Crippen LogP) is 2.59. The number of urea groups is 1. The van der Waals surface area contributed by atoms with Crippen LogP contribution in [0.25, 0.3) is 0 Å². The molecule has 1 N–H and O–H groups in total. The number of imide groups is 1. The molecule has 4 amide bonds. The number of carbonyl (C=O) groups excluding carboxylic acids is 3. The van der Waals surface area contributed by atoms with Gasteiger partial charge >= 0.3 is 6.03 Å². The normalized spacial score (nSPS) is 18.8. The zero-order valence-electron chi connectivity index (χ0n) is 12.6. The summed E-state index contributed by atoms with van der Waals surface area (Å²) < 4.78 is 0.910. The monoisotopic (exact) mass is 379 g/mol. The van der Waals surface area contributed by atoms with Crippen molar-refractivity contribution in [3.8, 4) is 0 Å². The molecule has 1 saturated heterocycles. The van der Waals surface area contributed by atoms with Crippen LogP contribution in [0.15, 0.2) is 28.7 Å². The molecule has 0 radical (unpaired) electrons. The van der Waals surface area contributed by atoms with Gasteiger partial charge in [-0.2, -0.15) is 0 Å². The lowest BCUT2D eigenvalue weighted by Crippen LogP contribution is -2.41. The molecule has 1 saturated carbocycles. The van der Waals surface area contributed by atoms with Gasteiger partial charge in [-0.15, -0.1) is 0 Å². The highest BCUT2D eigenvalue weighted by Crippen LogP contribution is 2.27. The summed E-state index contributed by atoms with van der Waals surface area (Å²) in [4.78, 5) is 39.2. The zero-order chi connectivity index (χ0) is 16.4. The molecule has 122 valence electrons. The van der Waals surface area contributed by atoms with Gasteiger partial charge in [0.05, 0.1) is 0 Å². The molecule has 1 aromatic carbocycles. The predicted molar refractivity (Wildman–Crippen MR) is 88.8 cm³/mol. The van der Waals surface area contributed by atoms with E-state index in [2.05, 4.69) is 21.2 Å². The van der Waals surface area contributed by atoms with Gasteiger partial charge in [0.25, 0.3) is 5.91 Å². The van der Waals surface area contributed by atoms with E-state index in [1.165, 1.54) is 0 Å². The van der Waals surface area contributed by atoms with E-state index in [0.717, 1.165) is 35.1 Å². The van der Waals surface area contributed by atoms with Crippen molar-refractivity contribution in [2.45, 2.75) is 31.7 Å². The quantitative estimate of drug-likeness (QED) is 0.817. The van der Waals surface area contributed by atoms with Crippen LogP contribution in [0.5, 0.6) is 0 Å². The summed E-state index contributed by atoms with van der Waals surface area (Å²) in [6, 6.07) is 6.92. The van der Waals surface area contributed by atoms with Gasteiger partial charge in [-0.3, -0.25) is 14.5 Å². The molecule has 0 atom stereocenters. The summed E-state index contributed by atoms with van der Waals surface area (Å²) >= 11 is 3.32. The van der Waals surface area contributed by atoms with Crippen LogP contribution < -0.4 is 5.32 Å². The molecular weight excluding hydrogens is 362 g/mol. The van der Waals surface area contributed by atoms with Crippen molar-refractivity contribution < 1.29 is 14.4 Å². The van der Waals surface area contributed by atoms with E-state index in [1.807, 2.05) is 12.1 Å². The van der Waals surface area contributed by atoms with E-state index < -0.39 is 0 Å². The number of anilines is 1. The van der Waals surface area contributed by atoms with Crippen molar-refractivity contribution in [3.05, 3.63) is 28.7 Å². The largest absolute Gasteiger partial charge is 0.327 e. The van der Waals surface area contributed by atoms with E-state index in [-0.39, 0.29) is 37.0 Å². The number of amides is 4. The van der Waals surface area contributed by atoms with Gasteiger partial charge in [-0.1, -0.05) is 28.8 Å². The summed E-state index contributed by atoms with van der Waals surface area (Å²) in [5.74, 6) is -0.671. The van der Waals surface area contributed by atoms with Crippen molar-refractivity contribution in [2.75, 3.05) is 18.4 Å². The molecule has 1 aliphatic carbocycles. The van der Waals surface area contributed by atoms with Crippen LogP contribution >= 0.6 is 15.9 Å². The summed E-state index contributed by atoms with van der Waals surface area (Å²) in [5, 5.41) is 2.70. The fourth-order valence-corrected chi connectivity index (χ4v) is 3.36. The standard InChI is InChI=1S/C16H18BrN3O3/c17-11-5-7-12(8-6-11)18-14(21)9-20-15(22)10-19(16(20)23)13-3-1-2-4-13/h5-8,13H,1-4,9-10H2,(H,18,21). The molecule has 1 aromatic rings. The zero-order valence-corrected chi connectivity index (χ0v) is 14.2. The Bertz CT molecular complexity index is 626. The van der Waals surface area contributed by atoms with Gasteiger partial charge in [-0.05, 0) is 37.1 Å². The minimum Gasteiger partial charge on any atom is -0.325 e. The number of benzene rings is 1. The maximum atomic E-state index is 12.4. The molecule has 0 bridgehead atoms. The number of halogens is 1. The van der Waals surface area contributed by atoms with Crippen LogP contribution in [-0.4, -0.2) is 46.8 Å². The highest BCUT2D eigenvalue weighted by Gasteiger charge is 2.41. The second-order valence-electron chi connectivity index (χ2n) is 5.88. The average Bonchev–Trinajstić information content (AvgIpc) is 3.13. The molecule has 0 unspecified atom stereocenters. The second-order valence-corrected chi connectivity index (χ2v) is 6.80. The Morgan fingerprint density at radius 1 is 1.17 bits per heavy atom. The van der Waals surface area contributed by atoms with E-state index in [1.54, 1.807) is 17.0 Å². The first kappa shape index (κ1) is 16.0. The molecule has 2 fully saturated rings. The molecule has 0 spiro atoms. The third-order valence-electron chi connectivity index (χ3n) is 4.28. The minimum absolute atomic E-state index is 0.0923. The number of nitrogens with one attached hydrogen (secondary N) is 1. The first-order valence-corrected chi connectivity index (χ1v) is 8.50. The Labute approximate surface area is 142 Å². The Morgan fingerprint density at radius 2 is 1.83 bits per heavy atom. The van der Waals surface area contributed by atoms with Crippen molar-refractivity contribution in [3.63, 3.8) is 0 Å². The van der Waals surface area contributed by atoms with E-state index in [9.17, 15) is 14.4 Å². The number of carbonyl (C=O) groups is 3. The third-order valence-corrected chi connectivity index (χ3v) is 4.81. The maximum absolute atomic E-state index is 12.4. The summed E-state index contributed by atoms with van der Waals surface area (Å²) in [5.41, 5.74) is 0.630. The van der Waals surface area contributed by atoms with Crippen molar-refractivity contribution in [1.29, 1.82) is 0 Å². The van der Waals surface area contributed by atoms with Crippen LogP contribution in [0.2, 0.25) is 0 Å². The molecule has 2 aliphatic rings. The molecule has 6 nitrogen and oxygen atoms in total. The van der Waals surface area contributed by atoms with E-state index in [4.69, 9.17) is 0 Å². The van der Waals surface area contributed by atoms with Crippen molar-refractivity contribution in [1.82, 2.24) is 9.80 Å². The van der Waals surface area contributed by atoms with E-state index in [0.29, 0.717) is 5.69 Å². The molecule has 23 heavy (non-hydrogen) atoms. The van der Waals surface area contributed by atoms with Gasteiger partial charge in [0.15, 0.2) is 0 Å². The van der Waals surface area contributed by atoms with Crippen molar-refractivity contribution >= 4 is 39.5 Å². The first-order chi connectivity index (χ1) is 11.0. The molecule has 1 aliphatic heterocycles. The Hall–Kier alpha value is -1.89. The van der Waals surface area contributed by atoms with Crippen LogP contribution in [0.4, 0.5) is 10.5 Å². The first-order valence-electron chi connectivity index (χ1n) is 7.71. The van der Waals surface area contributed by atoms with Gasteiger partial charge in [0.1, 0.15) is 13.1 Å². The Kier molecular flexibility index (Phi) is 4.66. The highest BCUT2D eigenvalue weighted by molar-refractivity contribution is 9.10. The minimum atomic E-state index is -0.373. The Balaban J connectivity index is 1.60. The lowest BCUT2D eigenvalue weighted by Gasteiger charge is -2.22. The smallest absolute Gasteiger partial charge is 0.325 e. The van der Waals surface area contributed by atoms with Gasteiger partial charge in [0.2, 0.25) is 5.91 Å². The summed E-state index contributed by atoms with van der Waals surface area (Å²) in [7, 11) is 0. The fraction of sp³-hybridized carbons (Fsp3) is 0.438. The van der Waals surface area contributed by atoms with Gasteiger partial charge < -0.3 is 10.2 Å². The maximum Gasteiger partial charge on any atom is 0.327 e. The number of hydrogen-bond acceptors (Lipinski definition) is 3. The summed E-state index contributed by atoms with van der Waals surface area (Å²) in [6.45, 7) is -0.147. The lowest BCUT2D eigenvalue weighted by atomic mass is 10.2. The number of hydrogen-bond donors (Lipinski definition) is 1. The number of rotatable bonds is 4. The topological polar surface area (TPSA) is 69.7 Å². The molecule has 3 rings (SSSR count). The lowest BCUT2D eigenvalue weighted by molar-refractivity contribution is -0.129. The van der Waals surface area contributed by atoms with Crippen LogP contribution in [-0.2, 0) is 9.59 Å². The SMILES string of the molecule is O=C(CN1C(=O)CN(C2CCCC2)C1=O)Nc1ccc(Br)cc1. The van der Waals surface area contributed by atoms with Crippen LogP contribution in [0.3, 0.4) is 0 Å². The molecule has 1 heterocycles. The van der Waals surface area contributed by atoms with Crippen LogP contribution in [0, 0.1) is 0 Å². The molecule has 7 heteroatoms. The van der Waals surface area contributed by atoms with Crippen LogP contribution in [0.1, 0.15) is 25.7 Å². The second kappa shape index (κ2) is 6.70. The average molecular weight is 380 g/mol. The molecule has 0 aromatic heterocycles. The van der Waals surface area contributed by atoms with Crippen molar-refractivity contribution in [2.24, 2.45) is 0 Å². The fourth-order valence-electron chi connectivity index (χ4n) is 3.09.